The second-order valence-corrected chi connectivity index (χ2v) is 4.52. The zero-order chi connectivity index (χ0) is 13.1. The van der Waals surface area contributed by atoms with Gasteiger partial charge >= 0.3 is 6.18 Å². The third-order valence-corrected chi connectivity index (χ3v) is 3.18. The number of hydrogen-bond donors (Lipinski definition) is 0. The summed E-state index contributed by atoms with van der Waals surface area (Å²) in [7, 11) is 0. The molecule has 0 N–H and O–H groups in total. The number of ketones is 1. The van der Waals surface area contributed by atoms with Gasteiger partial charge in [-0.25, -0.2) is 0 Å². The normalized spacial score (nSPS) is 11.6. The van der Waals surface area contributed by atoms with Gasteiger partial charge in [-0.3, -0.25) is 4.79 Å². The molecule has 0 aliphatic heterocycles. The van der Waals surface area contributed by atoms with Crippen LogP contribution in [0.15, 0.2) is 23.1 Å². The quantitative estimate of drug-likeness (QED) is 0.617. The maximum atomic E-state index is 12.8. The number of Topliss-reactive ketones (excluding diaryl/α,β-unsaturated/α-hetero) is 1. The fourth-order valence-electron chi connectivity index (χ4n) is 1.36. The Morgan fingerprint density at radius 1 is 1.41 bits per heavy atom. The number of carbonyl (C=O) groups is 1. The van der Waals surface area contributed by atoms with E-state index in [-0.39, 0.29) is 17.9 Å². The van der Waals surface area contributed by atoms with Crippen LogP contribution in [0.5, 0.6) is 0 Å². The van der Waals surface area contributed by atoms with E-state index < -0.39 is 17.5 Å². The number of carbonyl (C=O) groups excluding carboxylic acids is 1. The minimum Gasteiger partial charge on any atom is -0.298 e. The maximum Gasteiger partial charge on any atom is 0.416 e. The van der Waals surface area contributed by atoms with Gasteiger partial charge in [0.05, 0.1) is 11.4 Å². The molecule has 0 atom stereocenters. The third kappa shape index (κ3) is 3.92. The van der Waals surface area contributed by atoms with Crippen molar-refractivity contribution in [3.63, 3.8) is 0 Å². The van der Waals surface area contributed by atoms with Gasteiger partial charge in [-0.05, 0) is 24.0 Å². The van der Waals surface area contributed by atoms with Crippen LogP contribution in [0.3, 0.4) is 0 Å². The SMILES string of the molecule is CSc1ccc(CC(=O)CCl)c(C(F)(F)F)c1. The van der Waals surface area contributed by atoms with Gasteiger partial charge in [-0.2, -0.15) is 13.2 Å². The molecular weight excluding hydrogens is 273 g/mol. The van der Waals surface area contributed by atoms with E-state index in [1.165, 1.54) is 17.8 Å². The summed E-state index contributed by atoms with van der Waals surface area (Å²) in [5.74, 6) is -0.698. The molecular formula is C11H10ClF3OS. The molecule has 1 aromatic carbocycles. The summed E-state index contributed by atoms with van der Waals surface area (Å²) in [6, 6.07) is 3.96. The Bertz CT molecular complexity index is 418. The highest BCUT2D eigenvalue weighted by Gasteiger charge is 2.33. The molecule has 0 heterocycles. The largest absolute Gasteiger partial charge is 0.416 e. The van der Waals surface area contributed by atoms with E-state index in [1.54, 1.807) is 12.3 Å². The van der Waals surface area contributed by atoms with Crippen LogP contribution in [0.2, 0.25) is 0 Å². The van der Waals surface area contributed by atoms with E-state index in [2.05, 4.69) is 0 Å². The molecule has 0 aliphatic carbocycles. The van der Waals surface area contributed by atoms with E-state index in [9.17, 15) is 18.0 Å². The summed E-state index contributed by atoms with van der Waals surface area (Å²) < 4.78 is 38.3. The predicted molar refractivity (Wildman–Crippen MR) is 62.7 cm³/mol. The Hall–Kier alpha value is -0.680. The number of hydrogen-bond acceptors (Lipinski definition) is 2. The van der Waals surface area contributed by atoms with Crippen molar-refractivity contribution in [1.82, 2.24) is 0 Å². The van der Waals surface area contributed by atoms with Crippen molar-refractivity contribution in [2.75, 3.05) is 12.1 Å². The molecule has 0 saturated heterocycles. The lowest BCUT2D eigenvalue weighted by Crippen LogP contribution is -2.13. The first-order valence-electron chi connectivity index (χ1n) is 4.70. The Kier molecular flexibility index (Phi) is 4.89. The molecule has 0 spiro atoms. The van der Waals surface area contributed by atoms with Crippen molar-refractivity contribution in [3.05, 3.63) is 29.3 Å². The van der Waals surface area contributed by atoms with E-state index >= 15 is 0 Å². The first-order chi connectivity index (χ1) is 7.88. The number of halogens is 4. The summed E-state index contributed by atoms with van der Waals surface area (Å²) in [6.45, 7) is 0. The van der Waals surface area contributed by atoms with Crippen LogP contribution in [0.1, 0.15) is 11.1 Å². The Balaban J connectivity index is 3.16. The number of thioether (sulfide) groups is 1. The number of benzene rings is 1. The molecule has 0 bridgehead atoms. The van der Waals surface area contributed by atoms with Crippen molar-refractivity contribution in [1.29, 1.82) is 0 Å². The molecule has 0 aromatic heterocycles. The fourth-order valence-corrected chi connectivity index (χ4v) is 1.89. The van der Waals surface area contributed by atoms with Gasteiger partial charge in [-0.1, -0.05) is 6.07 Å². The van der Waals surface area contributed by atoms with Gasteiger partial charge in [-0.15, -0.1) is 23.4 Å². The van der Waals surface area contributed by atoms with Crippen LogP contribution in [-0.4, -0.2) is 17.9 Å². The molecule has 1 rings (SSSR count). The summed E-state index contributed by atoms with van der Waals surface area (Å²) in [6.07, 6.45) is -3.04. The van der Waals surface area contributed by atoms with Crippen LogP contribution in [0, 0.1) is 0 Å². The van der Waals surface area contributed by atoms with Crippen molar-refractivity contribution >= 4 is 29.1 Å². The van der Waals surface area contributed by atoms with E-state index in [4.69, 9.17) is 11.6 Å². The van der Waals surface area contributed by atoms with E-state index in [0.29, 0.717) is 4.90 Å². The number of rotatable bonds is 4. The molecule has 94 valence electrons. The summed E-state index contributed by atoms with van der Waals surface area (Å²) in [5.41, 5.74) is -0.788. The third-order valence-electron chi connectivity index (χ3n) is 2.16. The maximum absolute atomic E-state index is 12.8. The van der Waals surface area contributed by atoms with Crippen molar-refractivity contribution < 1.29 is 18.0 Å². The zero-order valence-electron chi connectivity index (χ0n) is 8.97. The molecule has 6 heteroatoms. The number of alkyl halides is 4. The molecule has 0 radical (unpaired) electrons. The van der Waals surface area contributed by atoms with Gasteiger partial charge in [0.15, 0.2) is 5.78 Å². The lowest BCUT2D eigenvalue weighted by atomic mass is 10.0. The molecule has 1 nitrogen and oxygen atoms in total. The van der Waals surface area contributed by atoms with E-state index in [0.717, 1.165) is 6.07 Å². The van der Waals surface area contributed by atoms with Crippen molar-refractivity contribution in [2.24, 2.45) is 0 Å². The van der Waals surface area contributed by atoms with Crippen LogP contribution in [-0.2, 0) is 17.4 Å². The monoisotopic (exact) mass is 282 g/mol. The fraction of sp³-hybridized carbons (Fsp3) is 0.364. The van der Waals surface area contributed by atoms with Gasteiger partial charge in [0.25, 0.3) is 0 Å². The average Bonchev–Trinajstić information content (AvgIpc) is 2.28. The lowest BCUT2D eigenvalue weighted by Gasteiger charge is -2.13. The summed E-state index contributed by atoms with van der Waals surface area (Å²) >= 11 is 6.51. The molecule has 0 saturated carbocycles. The van der Waals surface area contributed by atoms with Gasteiger partial charge in [0, 0.05) is 11.3 Å². The average molecular weight is 283 g/mol. The molecule has 0 unspecified atom stereocenters. The minimum atomic E-state index is -4.45. The van der Waals surface area contributed by atoms with Gasteiger partial charge < -0.3 is 0 Å². The van der Waals surface area contributed by atoms with Gasteiger partial charge in [0.1, 0.15) is 0 Å². The van der Waals surface area contributed by atoms with Crippen LogP contribution < -0.4 is 0 Å². The summed E-state index contributed by atoms with van der Waals surface area (Å²) in [4.78, 5) is 11.6. The van der Waals surface area contributed by atoms with Crippen molar-refractivity contribution in [2.45, 2.75) is 17.5 Å². The lowest BCUT2D eigenvalue weighted by molar-refractivity contribution is -0.138. The topological polar surface area (TPSA) is 17.1 Å². The molecule has 0 aliphatic rings. The molecule has 0 fully saturated rings. The highest BCUT2D eigenvalue weighted by Crippen LogP contribution is 2.34. The standard InChI is InChI=1S/C11H10ClF3OS/c1-17-9-3-2-7(4-8(16)6-12)10(5-9)11(13,14)15/h2-3,5H,4,6H2,1H3. The van der Waals surface area contributed by atoms with Crippen LogP contribution in [0.4, 0.5) is 13.2 Å². The first-order valence-corrected chi connectivity index (χ1v) is 6.46. The predicted octanol–water partition coefficient (Wildman–Crippen LogP) is 3.78. The second-order valence-electron chi connectivity index (χ2n) is 3.37. The first kappa shape index (κ1) is 14.4. The van der Waals surface area contributed by atoms with Crippen LogP contribution in [0.25, 0.3) is 0 Å². The van der Waals surface area contributed by atoms with Gasteiger partial charge in [0.2, 0.25) is 0 Å². The molecule has 17 heavy (non-hydrogen) atoms. The van der Waals surface area contributed by atoms with Crippen LogP contribution >= 0.6 is 23.4 Å². The molecule has 0 amide bonds. The van der Waals surface area contributed by atoms with Crippen molar-refractivity contribution in [3.8, 4) is 0 Å². The Morgan fingerprint density at radius 3 is 2.53 bits per heavy atom. The summed E-state index contributed by atoms with van der Waals surface area (Å²) in [5, 5.41) is 0. The minimum absolute atomic E-state index is 0.0269. The second kappa shape index (κ2) is 5.78. The smallest absolute Gasteiger partial charge is 0.298 e. The highest BCUT2D eigenvalue weighted by molar-refractivity contribution is 7.98. The Morgan fingerprint density at radius 2 is 2.06 bits per heavy atom. The highest BCUT2D eigenvalue weighted by atomic mass is 35.5. The Labute approximate surface area is 106 Å². The van der Waals surface area contributed by atoms with E-state index in [1.807, 2.05) is 0 Å². The molecule has 1 aromatic rings. The zero-order valence-corrected chi connectivity index (χ0v) is 10.5.